The van der Waals surface area contributed by atoms with Crippen molar-refractivity contribution in [2.75, 3.05) is 20.2 Å². The van der Waals surface area contributed by atoms with Gasteiger partial charge < -0.3 is 9.64 Å². The van der Waals surface area contributed by atoms with Crippen LogP contribution in [0.15, 0.2) is 48.8 Å². The number of likely N-dealkylation sites (tertiary alicyclic amines) is 1. The fraction of sp³-hybridized carbons (Fsp3) is 0.364. The second kappa shape index (κ2) is 6.41. The highest BCUT2D eigenvalue weighted by molar-refractivity contribution is 5.88. The third-order valence-electron chi connectivity index (χ3n) is 5.57. The molecule has 27 heavy (non-hydrogen) atoms. The molecule has 0 N–H and O–H groups in total. The van der Waals surface area contributed by atoms with Crippen LogP contribution < -0.4 is 4.74 Å². The fourth-order valence-electron chi connectivity index (χ4n) is 3.80. The van der Waals surface area contributed by atoms with E-state index < -0.39 is 0 Å². The zero-order valence-electron chi connectivity index (χ0n) is 15.5. The van der Waals surface area contributed by atoms with Crippen LogP contribution in [0.3, 0.4) is 0 Å². The molecule has 1 amide bonds. The zero-order valence-corrected chi connectivity index (χ0v) is 15.5. The van der Waals surface area contributed by atoms with E-state index in [4.69, 9.17) is 4.74 Å². The standard InChI is InChI=1S/C22H23N3O2/c1-24-12-15(8-22(24)26)14-27-21-7-4-16-2-3-17(9-18(16)10-21)19-11-23-25(13-19)20-5-6-20/h2-4,7,9-11,13,15,20H,5-6,8,12,14H2,1H3. The lowest BCUT2D eigenvalue weighted by molar-refractivity contribution is -0.126. The van der Waals surface area contributed by atoms with Crippen LogP contribution in [0.25, 0.3) is 21.9 Å². The first kappa shape index (κ1) is 16.4. The highest BCUT2D eigenvalue weighted by atomic mass is 16.5. The molecule has 1 saturated heterocycles. The quantitative estimate of drug-likeness (QED) is 0.692. The lowest BCUT2D eigenvalue weighted by Gasteiger charge is -2.12. The Morgan fingerprint density at radius 2 is 1.96 bits per heavy atom. The number of ether oxygens (including phenoxy) is 1. The van der Waals surface area contributed by atoms with E-state index in [-0.39, 0.29) is 11.8 Å². The van der Waals surface area contributed by atoms with E-state index in [1.807, 2.05) is 19.3 Å². The summed E-state index contributed by atoms with van der Waals surface area (Å²) in [6.45, 7) is 1.36. The van der Waals surface area contributed by atoms with Crippen LogP contribution in [0.4, 0.5) is 0 Å². The van der Waals surface area contributed by atoms with Crippen molar-refractivity contribution in [2.24, 2.45) is 5.92 Å². The Morgan fingerprint density at radius 3 is 2.74 bits per heavy atom. The molecule has 1 unspecified atom stereocenters. The highest BCUT2D eigenvalue weighted by Crippen LogP contribution is 2.35. The first-order chi connectivity index (χ1) is 13.2. The fourth-order valence-corrected chi connectivity index (χ4v) is 3.80. The maximum Gasteiger partial charge on any atom is 0.222 e. The topological polar surface area (TPSA) is 47.4 Å². The molecule has 5 rings (SSSR count). The maximum atomic E-state index is 11.7. The lowest BCUT2D eigenvalue weighted by atomic mass is 10.0. The molecule has 1 saturated carbocycles. The minimum Gasteiger partial charge on any atom is -0.493 e. The number of fused-ring (bicyclic) bond motifs is 1. The van der Waals surface area contributed by atoms with E-state index in [1.54, 1.807) is 4.90 Å². The zero-order chi connectivity index (χ0) is 18.4. The van der Waals surface area contributed by atoms with Crippen molar-refractivity contribution in [1.82, 2.24) is 14.7 Å². The average Bonchev–Trinajstić information content (AvgIpc) is 3.32. The van der Waals surface area contributed by atoms with Crippen molar-refractivity contribution in [3.63, 3.8) is 0 Å². The largest absolute Gasteiger partial charge is 0.493 e. The molecule has 1 aliphatic carbocycles. The van der Waals surface area contributed by atoms with Crippen LogP contribution in [0.5, 0.6) is 5.75 Å². The second-order valence-electron chi connectivity index (χ2n) is 7.82. The molecule has 0 radical (unpaired) electrons. The monoisotopic (exact) mass is 361 g/mol. The molecule has 2 fully saturated rings. The van der Waals surface area contributed by atoms with Gasteiger partial charge in [-0.1, -0.05) is 18.2 Å². The van der Waals surface area contributed by atoms with Crippen molar-refractivity contribution in [3.05, 3.63) is 48.8 Å². The molecule has 1 aliphatic heterocycles. The summed E-state index contributed by atoms with van der Waals surface area (Å²) in [6, 6.07) is 13.3. The normalized spacial score (nSPS) is 19.8. The van der Waals surface area contributed by atoms with Crippen LogP contribution in [0.2, 0.25) is 0 Å². The van der Waals surface area contributed by atoms with Gasteiger partial charge >= 0.3 is 0 Å². The lowest BCUT2D eigenvalue weighted by Crippen LogP contribution is -2.20. The van der Waals surface area contributed by atoms with Gasteiger partial charge in [-0.3, -0.25) is 9.48 Å². The van der Waals surface area contributed by atoms with Crippen molar-refractivity contribution in [1.29, 1.82) is 0 Å². The number of rotatable bonds is 5. The summed E-state index contributed by atoms with van der Waals surface area (Å²) in [4.78, 5) is 13.4. The molecule has 5 nitrogen and oxygen atoms in total. The van der Waals surface area contributed by atoms with Crippen molar-refractivity contribution in [3.8, 4) is 16.9 Å². The molecule has 1 aromatic heterocycles. The molecular weight excluding hydrogens is 338 g/mol. The Balaban J connectivity index is 1.34. The summed E-state index contributed by atoms with van der Waals surface area (Å²) < 4.78 is 8.07. The first-order valence-electron chi connectivity index (χ1n) is 9.61. The Kier molecular flexibility index (Phi) is 3.88. The van der Waals surface area contributed by atoms with E-state index in [9.17, 15) is 4.79 Å². The molecule has 5 heteroatoms. The summed E-state index contributed by atoms with van der Waals surface area (Å²) in [5.74, 6) is 1.34. The summed E-state index contributed by atoms with van der Waals surface area (Å²) in [5.41, 5.74) is 2.33. The van der Waals surface area contributed by atoms with Gasteiger partial charge in [0, 0.05) is 37.7 Å². The van der Waals surface area contributed by atoms with Crippen LogP contribution in [0.1, 0.15) is 25.3 Å². The van der Waals surface area contributed by atoms with Crippen LogP contribution in [-0.2, 0) is 4.79 Å². The van der Waals surface area contributed by atoms with E-state index >= 15 is 0 Å². The number of benzene rings is 2. The van der Waals surface area contributed by atoms with Gasteiger partial charge in [-0.15, -0.1) is 0 Å². The van der Waals surface area contributed by atoms with Crippen LogP contribution in [0, 0.1) is 5.92 Å². The van der Waals surface area contributed by atoms with E-state index in [1.165, 1.54) is 23.8 Å². The van der Waals surface area contributed by atoms with Crippen molar-refractivity contribution in [2.45, 2.75) is 25.3 Å². The predicted octanol–water partition coefficient (Wildman–Crippen LogP) is 3.90. The Bertz CT molecular complexity index is 1010. The average molecular weight is 361 g/mol. The number of amides is 1. The molecular formula is C22H23N3O2. The molecule has 0 bridgehead atoms. The second-order valence-corrected chi connectivity index (χ2v) is 7.82. The molecule has 1 atom stereocenters. The maximum absolute atomic E-state index is 11.7. The Morgan fingerprint density at radius 1 is 1.11 bits per heavy atom. The van der Waals surface area contributed by atoms with Gasteiger partial charge in [0.15, 0.2) is 0 Å². The molecule has 2 aromatic carbocycles. The molecule has 2 heterocycles. The highest BCUT2D eigenvalue weighted by Gasteiger charge is 2.27. The summed E-state index contributed by atoms with van der Waals surface area (Å²) in [6.07, 6.45) is 7.16. The van der Waals surface area contributed by atoms with Gasteiger partial charge in [0.2, 0.25) is 5.91 Å². The SMILES string of the molecule is CN1CC(COc2ccc3ccc(-c4cnn(C5CC5)c4)cc3c2)CC1=O. The number of carbonyl (C=O) groups excluding carboxylic acids is 1. The van der Waals surface area contributed by atoms with Crippen LogP contribution >= 0.6 is 0 Å². The van der Waals surface area contributed by atoms with Gasteiger partial charge in [0.1, 0.15) is 5.75 Å². The molecule has 3 aromatic rings. The van der Waals surface area contributed by atoms with Crippen LogP contribution in [-0.4, -0.2) is 40.8 Å². The third-order valence-corrected chi connectivity index (χ3v) is 5.57. The summed E-state index contributed by atoms with van der Waals surface area (Å²) >= 11 is 0. The number of hydrogen-bond donors (Lipinski definition) is 0. The minimum absolute atomic E-state index is 0.207. The van der Waals surface area contributed by atoms with Gasteiger partial charge in [-0.2, -0.15) is 5.10 Å². The Labute approximate surface area is 158 Å². The number of aromatic nitrogens is 2. The number of nitrogens with zero attached hydrogens (tertiary/aromatic N) is 3. The molecule has 0 spiro atoms. The number of hydrogen-bond acceptors (Lipinski definition) is 3. The summed E-state index contributed by atoms with van der Waals surface area (Å²) in [5, 5.41) is 6.85. The summed E-state index contributed by atoms with van der Waals surface area (Å²) in [7, 11) is 1.85. The van der Waals surface area contributed by atoms with Crippen molar-refractivity contribution >= 4 is 16.7 Å². The van der Waals surface area contributed by atoms with Crippen molar-refractivity contribution < 1.29 is 9.53 Å². The van der Waals surface area contributed by atoms with E-state index in [2.05, 4.69) is 46.3 Å². The van der Waals surface area contributed by atoms with E-state index in [0.717, 1.165) is 23.2 Å². The van der Waals surface area contributed by atoms with Gasteiger partial charge in [-0.25, -0.2) is 0 Å². The van der Waals surface area contributed by atoms with E-state index in [0.29, 0.717) is 19.1 Å². The molecule has 2 aliphatic rings. The Hall–Kier alpha value is -2.82. The third kappa shape index (κ3) is 3.29. The van der Waals surface area contributed by atoms with Gasteiger partial charge in [0.25, 0.3) is 0 Å². The first-order valence-corrected chi connectivity index (χ1v) is 9.61. The molecule has 138 valence electrons. The smallest absolute Gasteiger partial charge is 0.222 e. The van der Waals surface area contributed by atoms with Gasteiger partial charge in [-0.05, 0) is 47.4 Å². The minimum atomic E-state index is 0.207. The van der Waals surface area contributed by atoms with Gasteiger partial charge in [0.05, 0.1) is 18.8 Å². The number of carbonyl (C=O) groups is 1. The predicted molar refractivity (Wildman–Crippen MR) is 105 cm³/mol.